The normalized spacial score (nSPS) is 11.0. The molecule has 0 aliphatic heterocycles. The summed E-state index contributed by atoms with van der Waals surface area (Å²) < 4.78 is 11.6. The summed E-state index contributed by atoms with van der Waals surface area (Å²) >= 11 is 0. The fourth-order valence-electron chi connectivity index (χ4n) is 2.59. The van der Waals surface area contributed by atoms with E-state index >= 15 is 0 Å². The number of hydrogen-bond donors (Lipinski definition) is 2. The standard InChI is InChI=1S/C16H17O4P.Li.H/c1-10-8-11(2)15(12(3)9-10)16(17)13-6-4-5-7-14(13)21(18,19)20;;/h4-9H,1-3H3,(H2,18,19,20);;. The second-order valence-corrected chi connectivity index (χ2v) is 6.73. The number of rotatable bonds is 3. The molecule has 0 bridgehead atoms. The molecule has 0 spiro atoms. The van der Waals surface area contributed by atoms with Gasteiger partial charge in [-0.25, -0.2) is 0 Å². The van der Waals surface area contributed by atoms with E-state index in [-0.39, 0.29) is 35.5 Å². The molecule has 2 N–H and O–H groups in total. The van der Waals surface area contributed by atoms with Crippen molar-refractivity contribution in [3.8, 4) is 0 Å². The van der Waals surface area contributed by atoms with Gasteiger partial charge in [-0.2, -0.15) is 0 Å². The first-order chi connectivity index (χ1) is 9.71. The predicted octanol–water partition coefficient (Wildman–Crippen LogP) is 2.00. The van der Waals surface area contributed by atoms with Crippen LogP contribution in [0.2, 0.25) is 0 Å². The first-order valence-corrected chi connectivity index (χ1v) is 8.10. The van der Waals surface area contributed by atoms with Gasteiger partial charge in [-0.15, -0.1) is 0 Å². The SMILES string of the molecule is Cc1cc(C)c(C(=O)c2ccccc2P(=O)(O)O)c(C)c1.[LiH]. The molecular formula is C16H18LiO4P. The molecule has 0 radical (unpaired) electrons. The number of benzene rings is 2. The van der Waals surface area contributed by atoms with Crippen molar-refractivity contribution in [1.29, 1.82) is 0 Å². The molecule has 0 aromatic heterocycles. The summed E-state index contributed by atoms with van der Waals surface area (Å²) in [5.41, 5.74) is 3.21. The molecule has 6 heteroatoms. The fourth-order valence-corrected chi connectivity index (χ4v) is 3.36. The van der Waals surface area contributed by atoms with Crippen molar-refractivity contribution in [2.75, 3.05) is 0 Å². The van der Waals surface area contributed by atoms with E-state index in [1.165, 1.54) is 18.2 Å². The van der Waals surface area contributed by atoms with E-state index in [1.54, 1.807) is 6.07 Å². The molecule has 0 unspecified atom stereocenters. The number of carbonyl (C=O) groups is 1. The van der Waals surface area contributed by atoms with Crippen LogP contribution in [0.4, 0.5) is 0 Å². The van der Waals surface area contributed by atoms with Crippen LogP contribution in [0.15, 0.2) is 36.4 Å². The van der Waals surface area contributed by atoms with Crippen molar-refractivity contribution in [3.05, 3.63) is 64.2 Å². The van der Waals surface area contributed by atoms with Crippen molar-refractivity contribution in [2.24, 2.45) is 0 Å². The number of ketones is 1. The quantitative estimate of drug-likeness (QED) is 0.516. The molecule has 2 aromatic carbocycles. The van der Waals surface area contributed by atoms with Gasteiger partial charge < -0.3 is 9.79 Å². The summed E-state index contributed by atoms with van der Waals surface area (Å²) in [7, 11) is -4.49. The van der Waals surface area contributed by atoms with Gasteiger partial charge in [0.05, 0.1) is 5.30 Å². The van der Waals surface area contributed by atoms with E-state index in [0.29, 0.717) is 5.56 Å². The summed E-state index contributed by atoms with van der Waals surface area (Å²) in [6.07, 6.45) is 0. The van der Waals surface area contributed by atoms with E-state index in [9.17, 15) is 19.1 Å². The Morgan fingerprint density at radius 3 is 2.00 bits per heavy atom. The molecule has 0 saturated carbocycles. The van der Waals surface area contributed by atoms with E-state index in [0.717, 1.165) is 16.7 Å². The maximum atomic E-state index is 12.7. The molecule has 0 aliphatic carbocycles. The molecule has 0 amide bonds. The second-order valence-electron chi connectivity index (χ2n) is 5.16. The molecule has 112 valence electrons. The Kier molecular flexibility index (Phi) is 5.98. The van der Waals surface area contributed by atoms with Crippen LogP contribution in [0.5, 0.6) is 0 Å². The Hall–Kier alpha value is -1.14. The minimum atomic E-state index is -4.49. The van der Waals surface area contributed by atoms with Crippen LogP contribution in [0.1, 0.15) is 32.6 Å². The average Bonchev–Trinajstić information content (AvgIpc) is 2.36. The molecule has 22 heavy (non-hydrogen) atoms. The molecule has 0 aliphatic rings. The summed E-state index contributed by atoms with van der Waals surface area (Å²) in [6.45, 7) is 5.60. The average molecular weight is 312 g/mol. The zero-order valence-electron chi connectivity index (χ0n) is 12.1. The molecular weight excluding hydrogens is 294 g/mol. The second kappa shape index (κ2) is 6.96. The third-order valence-electron chi connectivity index (χ3n) is 3.37. The van der Waals surface area contributed by atoms with Gasteiger partial charge in [0.2, 0.25) is 0 Å². The Bertz CT molecular complexity index is 741. The molecule has 0 saturated heterocycles. The van der Waals surface area contributed by atoms with Crippen molar-refractivity contribution in [2.45, 2.75) is 20.8 Å². The van der Waals surface area contributed by atoms with Crippen LogP contribution in [0.3, 0.4) is 0 Å². The molecule has 0 fully saturated rings. The van der Waals surface area contributed by atoms with Crippen LogP contribution < -0.4 is 5.30 Å². The molecule has 4 nitrogen and oxygen atoms in total. The van der Waals surface area contributed by atoms with Gasteiger partial charge >= 0.3 is 26.5 Å². The van der Waals surface area contributed by atoms with Gasteiger partial charge in [-0.05, 0) is 38.0 Å². The van der Waals surface area contributed by atoms with E-state index in [2.05, 4.69) is 0 Å². The van der Waals surface area contributed by atoms with Gasteiger partial charge in [-0.1, -0.05) is 35.9 Å². The van der Waals surface area contributed by atoms with Crippen LogP contribution >= 0.6 is 7.60 Å². The van der Waals surface area contributed by atoms with E-state index in [1.807, 2.05) is 32.9 Å². The maximum absolute atomic E-state index is 12.7. The third-order valence-corrected chi connectivity index (χ3v) is 4.38. The number of hydrogen-bond acceptors (Lipinski definition) is 2. The monoisotopic (exact) mass is 312 g/mol. The Balaban J connectivity index is 0.00000242. The van der Waals surface area contributed by atoms with Crippen molar-refractivity contribution < 1.29 is 19.1 Å². The van der Waals surface area contributed by atoms with Gasteiger partial charge in [0.25, 0.3) is 0 Å². The zero-order valence-corrected chi connectivity index (χ0v) is 13.0. The van der Waals surface area contributed by atoms with Gasteiger partial charge in [-0.3, -0.25) is 9.36 Å². The molecule has 2 aromatic rings. The molecule has 0 atom stereocenters. The third kappa shape index (κ3) is 3.79. The Morgan fingerprint density at radius 2 is 1.50 bits per heavy atom. The number of aryl methyl sites for hydroxylation is 3. The van der Waals surface area contributed by atoms with Crippen molar-refractivity contribution >= 4 is 37.5 Å². The van der Waals surface area contributed by atoms with Crippen LogP contribution in [0.25, 0.3) is 0 Å². The number of carbonyl (C=O) groups excluding carboxylic acids is 1. The van der Waals surface area contributed by atoms with Crippen LogP contribution in [-0.2, 0) is 4.57 Å². The fraction of sp³-hybridized carbons (Fsp3) is 0.188. The summed E-state index contributed by atoms with van der Waals surface area (Å²) in [5.74, 6) is -0.357. The van der Waals surface area contributed by atoms with Crippen molar-refractivity contribution in [1.82, 2.24) is 0 Å². The summed E-state index contributed by atoms with van der Waals surface area (Å²) in [4.78, 5) is 31.5. The van der Waals surface area contributed by atoms with Crippen LogP contribution in [-0.4, -0.2) is 34.4 Å². The topological polar surface area (TPSA) is 74.6 Å². The summed E-state index contributed by atoms with van der Waals surface area (Å²) in [6, 6.07) is 9.65. The predicted molar refractivity (Wildman–Crippen MR) is 89.4 cm³/mol. The first kappa shape index (κ1) is 18.9. The Morgan fingerprint density at radius 1 is 1.00 bits per heavy atom. The zero-order chi connectivity index (χ0) is 15.8. The van der Waals surface area contributed by atoms with Crippen molar-refractivity contribution in [3.63, 3.8) is 0 Å². The minimum absolute atomic E-state index is 0. The van der Waals surface area contributed by atoms with Gasteiger partial charge in [0, 0.05) is 11.1 Å². The molecule has 2 rings (SSSR count). The van der Waals surface area contributed by atoms with Crippen LogP contribution in [0, 0.1) is 20.8 Å². The van der Waals surface area contributed by atoms with E-state index < -0.39 is 7.60 Å². The van der Waals surface area contributed by atoms with Gasteiger partial charge in [0.1, 0.15) is 0 Å². The molecule has 0 heterocycles. The first-order valence-electron chi connectivity index (χ1n) is 6.49. The van der Waals surface area contributed by atoms with E-state index in [4.69, 9.17) is 0 Å². The Labute approximate surface area is 141 Å². The van der Waals surface area contributed by atoms with Gasteiger partial charge in [0.15, 0.2) is 5.78 Å². The summed E-state index contributed by atoms with van der Waals surface area (Å²) in [5, 5.41) is -0.227.